The molecule has 0 aromatic heterocycles. The molecule has 1 aromatic rings. The minimum Gasteiger partial charge on any atom is -0.497 e. The molecular formula is C13H18O3. The lowest BCUT2D eigenvalue weighted by molar-refractivity contribution is -0.0297. The van der Waals surface area contributed by atoms with Crippen LogP contribution in [-0.2, 0) is 4.74 Å². The van der Waals surface area contributed by atoms with E-state index >= 15 is 0 Å². The van der Waals surface area contributed by atoms with Crippen molar-refractivity contribution in [3.05, 3.63) is 29.8 Å². The van der Waals surface area contributed by atoms with Crippen LogP contribution >= 0.6 is 0 Å². The molecule has 1 aliphatic heterocycles. The highest BCUT2D eigenvalue weighted by molar-refractivity contribution is 5.29. The summed E-state index contributed by atoms with van der Waals surface area (Å²) in [7, 11) is 1.63. The van der Waals surface area contributed by atoms with Gasteiger partial charge in [0, 0.05) is 0 Å². The maximum absolute atomic E-state index is 10.1. The molecule has 1 fully saturated rings. The van der Waals surface area contributed by atoms with Crippen LogP contribution in [-0.4, -0.2) is 24.4 Å². The Morgan fingerprint density at radius 3 is 2.50 bits per heavy atom. The maximum Gasteiger partial charge on any atom is 0.118 e. The highest BCUT2D eigenvalue weighted by atomic mass is 16.5. The average molecular weight is 222 g/mol. The Labute approximate surface area is 96.0 Å². The van der Waals surface area contributed by atoms with Crippen molar-refractivity contribution in [1.82, 2.24) is 0 Å². The fourth-order valence-corrected chi connectivity index (χ4v) is 2.08. The fraction of sp³-hybridized carbons (Fsp3) is 0.538. The molecule has 0 spiro atoms. The molecule has 88 valence electrons. The van der Waals surface area contributed by atoms with E-state index < -0.39 is 6.10 Å². The number of hydrogen-bond acceptors (Lipinski definition) is 3. The molecule has 1 aromatic carbocycles. The van der Waals surface area contributed by atoms with E-state index in [1.807, 2.05) is 31.2 Å². The largest absolute Gasteiger partial charge is 0.497 e. The van der Waals surface area contributed by atoms with Crippen molar-refractivity contribution in [1.29, 1.82) is 0 Å². The lowest BCUT2D eigenvalue weighted by atomic mass is 10.0. The van der Waals surface area contributed by atoms with Crippen molar-refractivity contribution in [3.63, 3.8) is 0 Å². The summed E-state index contributed by atoms with van der Waals surface area (Å²) in [4.78, 5) is 0. The minimum atomic E-state index is -0.532. The van der Waals surface area contributed by atoms with Crippen molar-refractivity contribution in [2.75, 3.05) is 7.11 Å². The predicted octanol–water partition coefficient (Wildman–Crippen LogP) is 2.30. The van der Waals surface area contributed by atoms with Crippen LogP contribution < -0.4 is 4.74 Å². The first-order valence-corrected chi connectivity index (χ1v) is 5.68. The standard InChI is InChI=1S/C13H18O3/c1-9-3-8-12(16-9)13(14)10-4-6-11(15-2)7-5-10/h4-7,9,12-14H,3,8H2,1-2H3. The zero-order valence-corrected chi connectivity index (χ0v) is 9.72. The van der Waals surface area contributed by atoms with Gasteiger partial charge in [-0.1, -0.05) is 12.1 Å². The number of benzene rings is 1. The molecule has 0 saturated carbocycles. The second-order valence-electron chi connectivity index (χ2n) is 4.28. The Kier molecular flexibility index (Phi) is 3.46. The summed E-state index contributed by atoms with van der Waals surface area (Å²) >= 11 is 0. The summed E-state index contributed by atoms with van der Waals surface area (Å²) in [6.07, 6.45) is 1.61. The van der Waals surface area contributed by atoms with E-state index in [9.17, 15) is 5.11 Å². The number of hydrogen-bond donors (Lipinski definition) is 1. The molecule has 0 amide bonds. The third-order valence-corrected chi connectivity index (χ3v) is 3.07. The summed E-state index contributed by atoms with van der Waals surface area (Å²) in [5.74, 6) is 0.802. The average Bonchev–Trinajstić information content (AvgIpc) is 2.75. The molecule has 0 bridgehead atoms. The Hall–Kier alpha value is -1.06. The highest BCUT2D eigenvalue weighted by Gasteiger charge is 2.29. The fourth-order valence-electron chi connectivity index (χ4n) is 2.08. The SMILES string of the molecule is COc1ccc(C(O)C2CCC(C)O2)cc1. The van der Waals surface area contributed by atoms with E-state index in [2.05, 4.69) is 0 Å². The van der Waals surface area contributed by atoms with Gasteiger partial charge in [0.05, 0.1) is 19.3 Å². The predicted molar refractivity (Wildman–Crippen MR) is 61.5 cm³/mol. The summed E-state index contributed by atoms with van der Waals surface area (Å²) in [5.41, 5.74) is 0.889. The topological polar surface area (TPSA) is 38.7 Å². The lowest BCUT2D eigenvalue weighted by Crippen LogP contribution is -2.18. The second kappa shape index (κ2) is 4.85. The van der Waals surface area contributed by atoms with Gasteiger partial charge in [-0.25, -0.2) is 0 Å². The third-order valence-electron chi connectivity index (χ3n) is 3.07. The molecule has 0 aliphatic carbocycles. The molecule has 3 atom stereocenters. The van der Waals surface area contributed by atoms with Crippen LogP contribution in [0.3, 0.4) is 0 Å². The van der Waals surface area contributed by atoms with Gasteiger partial charge in [-0.05, 0) is 37.5 Å². The van der Waals surface area contributed by atoms with Gasteiger partial charge in [0.1, 0.15) is 11.9 Å². The van der Waals surface area contributed by atoms with Gasteiger partial charge in [-0.2, -0.15) is 0 Å². The smallest absolute Gasteiger partial charge is 0.118 e. The van der Waals surface area contributed by atoms with Gasteiger partial charge in [0.15, 0.2) is 0 Å². The maximum atomic E-state index is 10.1. The molecule has 1 saturated heterocycles. The van der Waals surface area contributed by atoms with Gasteiger partial charge in [0.25, 0.3) is 0 Å². The first-order valence-electron chi connectivity index (χ1n) is 5.68. The molecule has 16 heavy (non-hydrogen) atoms. The zero-order valence-electron chi connectivity index (χ0n) is 9.72. The number of aliphatic hydroxyl groups is 1. The Morgan fingerprint density at radius 1 is 1.31 bits per heavy atom. The zero-order chi connectivity index (χ0) is 11.5. The van der Waals surface area contributed by atoms with Crippen LogP contribution in [0.5, 0.6) is 5.75 Å². The van der Waals surface area contributed by atoms with E-state index in [4.69, 9.17) is 9.47 Å². The van der Waals surface area contributed by atoms with Gasteiger partial charge in [-0.15, -0.1) is 0 Å². The van der Waals surface area contributed by atoms with Crippen LogP contribution in [0, 0.1) is 0 Å². The van der Waals surface area contributed by atoms with Crippen molar-refractivity contribution in [3.8, 4) is 5.75 Å². The van der Waals surface area contributed by atoms with Gasteiger partial charge < -0.3 is 14.6 Å². The first-order chi connectivity index (χ1) is 7.70. The monoisotopic (exact) mass is 222 g/mol. The van der Waals surface area contributed by atoms with Crippen LogP contribution in [0.4, 0.5) is 0 Å². The number of ether oxygens (including phenoxy) is 2. The molecule has 3 unspecified atom stereocenters. The Morgan fingerprint density at radius 2 is 2.00 bits per heavy atom. The third kappa shape index (κ3) is 2.36. The molecular weight excluding hydrogens is 204 g/mol. The Balaban J connectivity index is 2.05. The van der Waals surface area contributed by atoms with Crippen LogP contribution in [0.1, 0.15) is 31.4 Å². The summed E-state index contributed by atoms with van der Waals surface area (Å²) in [5, 5.41) is 10.1. The van der Waals surface area contributed by atoms with E-state index in [1.165, 1.54) is 0 Å². The number of aliphatic hydroxyl groups excluding tert-OH is 1. The Bertz CT molecular complexity index is 334. The molecule has 3 nitrogen and oxygen atoms in total. The molecule has 1 heterocycles. The summed E-state index contributed by atoms with van der Waals surface area (Å²) < 4.78 is 10.7. The van der Waals surface area contributed by atoms with E-state index in [1.54, 1.807) is 7.11 Å². The van der Waals surface area contributed by atoms with Gasteiger partial charge in [0.2, 0.25) is 0 Å². The van der Waals surface area contributed by atoms with E-state index in [0.29, 0.717) is 0 Å². The molecule has 0 radical (unpaired) electrons. The van der Waals surface area contributed by atoms with Gasteiger partial charge in [-0.3, -0.25) is 0 Å². The van der Waals surface area contributed by atoms with E-state index in [-0.39, 0.29) is 12.2 Å². The van der Waals surface area contributed by atoms with E-state index in [0.717, 1.165) is 24.2 Å². The van der Waals surface area contributed by atoms with Crippen molar-refractivity contribution < 1.29 is 14.6 Å². The lowest BCUT2D eigenvalue weighted by Gasteiger charge is -2.18. The molecule has 1 N–H and O–H groups in total. The molecule has 3 heteroatoms. The van der Waals surface area contributed by atoms with Gasteiger partial charge >= 0.3 is 0 Å². The van der Waals surface area contributed by atoms with Crippen molar-refractivity contribution in [2.24, 2.45) is 0 Å². The number of rotatable bonds is 3. The van der Waals surface area contributed by atoms with Crippen LogP contribution in [0.2, 0.25) is 0 Å². The molecule has 1 aliphatic rings. The van der Waals surface area contributed by atoms with Crippen LogP contribution in [0.25, 0.3) is 0 Å². The summed E-state index contributed by atoms with van der Waals surface area (Å²) in [6, 6.07) is 7.49. The van der Waals surface area contributed by atoms with Crippen LogP contribution in [0.15, 0.2) is 24.3 Å². The quantitative estimate of drug-likeness (QED) is 0.852. The summed E-state index contributed by atoms with van der Waals surface area (Å²) in [6.45, 7) is 2.04. The first kappa shape index (κ1) is 11.4. The highest BCUT2D eigenvalue weighted by Crippen LogP contribution is 2.30. The van der Waals surface area contributed by atoms with Crippen molar-refractivity contribution in [2.45, 2.75) is 38.1 Å². The normalized spacial score (nSPS) is 26.7. The number of methoxy groups -OCH3 is 1. The van der Waals surface area contributed by atoms with Crippen molar-refractivity contribution >= 4 is 0 Å². The molecule has 2 rings (SSSR count). The second-order valence-corrected chi connectivity index (χ2v) is 4.28. The minimum absolute atomic E-state index is 0.0663.